The molecule has 1 aromatic carbocycles. The zero-order valence-electron chi connectivity index (χ0n) is 13.9. The van der Waals surface area contributed by atoms with E-state index in [-0.39, 0.29) is 17.8 Å². The van der Waals surface area contributed by atoms with Crippen LogP contribution in [0.4, 0.5) is 0 Å². The molecular weight excluding hydrogens is 322 g/mol. The summed E-state index contributed by atoms with van der Waals surface area (Å²) in [5.41, 5.74) is 1.30. The topological polar surface area (TPSA) is 95.1 Å². The van der Waals surface area contributed by atoms with E-state index in [1.165, 1.54) is 0 Å². The van der Waals surface area contributed by atoms with Gasteiger partial charge in [0.15, 0.2) is 11.4 Å². The fourth-order valence-electron chi connectivity index (χ4n) is 3.14. The summed E-state index contributed by atoms with van der Waals surface area (Å²) in [4.78, 5) is 16.7. The Bertz CT molecular complexity index is 868. The van der Waals surface area contributed by atoms with Crippen LogP contribution in [0.1, 0.15) is 35.2 Å². The highest BCUT2D eigenvalue weighted by Gasteiger charge is 2.23. The van der Waals surface area contributed by atoms with Crippen LogP contribution < -0.4 is 5.32 Å². The Labute approximate surface area is 144 Å². The van der Waals surface area contributed by atoms with E-state index in [0.29, 0.717) is 17.7 Å². The van der Waals surface area contributed by atoms with Crippen LogP contribution in [-0.4, -0.2) is 38.8 Å². The van der Waals surface area contributed by atoms with Crippen LogP contribution in [0.25, 0.3) is 11.1 Å². The third kappa shape index (κ3) is 3.12. The number of ether oxygens (including phenoxy) is 1. The lowest BCUT2D eigenvalue weighted by Gasteiger charge is -2.14. The second-order valence-electron chi connectivity index (χ2n) is 6.10. The van der Waals surface area contributed by atoms with Crippen LogP contribution in [0.5, 0.6) is 0 Å². The minimum Gasteiger partial charge on any atom is -0.432 e. The van der Waals surface area contributed by atoms with Gasteiger partial charge in [-0.15, -0.1) is 10.2 Å². The van der Waals surface area contributed by atoms with Gasteiger partial charge in [-0.1, -0.05) is 12.1 Å². The van der Waals surface area contributed by atoms with Crippen molar-refractivity contribution >= 4 is 17.0 Å². The Balaban J connectivity index is 1.44. The van der Waals surface area contributed by atoms with Crippen molar-refractivity contribution in [2.45, 2.75) is 38.5 Å². The standard InChI is InChI=1S/C17H19N5O3/c1-24-10-15-21-20-14-7-6-11(8-9-22(14)15)18-16(23)17-19-12-4-2-3-5-13(12)25-17/h2-5,11H,6-10H2,1H3,(H,18,23). The highest BCUT2D eigenvalue weighted by molar-refractivity contribution is 5.92. The van der Waals surface area contributed by atoms with Gasteiger partial charge in [0.05, 0.1) is 0 Å². The molecule has 0 spiro atoms. The Morgan fingerprint density at radius 2 is 2.24 bits per heavy atom. The lowest BCUT2D eigenvalue weighted by atomic mass is 10.1. The second-order valence-corrected chi connectivity index (χ2v) is 6.10. The molecule has 130 valence electrons. The summed E-state index contributed by atoms with van der Waals surface area (Å²) in [7, 11) is 1.64. The number of fused-ring (bicyclic) bond motifs is 2. The third-order valence-corrected chi connectivity index (χ3v) is 4.42. The Kier molecular flexibility index (Phi) is 4.19. The highest BCUT2D eigenvalue weighted by Crippen LogP contribution is 2.18. The molecule has 1 atom stereocenters. The van der Waals surface area contributed by atoms with E-state index in [2.05, 4.69) is 25.1 Å². The number of carbonyl (C=O) groups excluding carboxylic acids is 1. The molecule has 0 fully saturated rings. The largest absolute Gasteiger partial charge is 0.432 e. The van der Waals surface area contributed by atoms with Gasteiger partial charge < -0.3 is 19.0 Å². The first-order valence-electron chi connectivity index (χ1n) is 8.31. The smallest absolute Gasteiger partial charge is 0.307 e. The van der Waals surface area contributed by atoms with E-state index < -0.39 is 0 Å². The number of hydrogen-bond donors (Lipinski definition) is 1. The number of methoxy groups -OCH3 is 1. The summed E-state index contributed by atoms with van der Waals surface area (Å²) in [6.45, 7) is 1.19. The highest BCUT2D eigenvalue weighted by atomic mass is 16.5. The average molecular weight is 341 g/mol. The van der Waals surface area contributed by atoms with Crippen LogP contribution in [-0.2, 0) is 24.3 Å². The molecule has 8 heteroatoms. The Morgan fingerprint density at radius 1 is 1.36 bits per heavy atom. The number of aryl methyl sites for hydroxylation is 1. The predicted octanol–water partition coefficient (Wildman–Crippen LogP) is 1.70. The molecule has 1 aliphatic heterocycles. The van der Waals surface area contributed by atoms with Crippen LogP contribution in [0, 0.1) is 0 Å². The van der Waals surface area contributed by atoms with E-state index in [4.69, 9.17) is 9.15 Å². The number of oxazole rings is 1. The van der Waals surface area contributed by atoms with Crippen molar-refractivity contribution < 1.29 is 13.9 Å². The number of benzene rings is 1. The molecule has 25 heavy (non-hydrogen) atoms. The quantitative estimate of drug-likeness (QED) is 0.776. The lowest BCUT2D eigenvalue weighted by molar-refractivity contribution is 0.0900. The van der Waals surface area contributed by atoms with Gasteiger partial charge in [-0.3, -0.25) is 4.79 Å². The molecular formula is C17H19N5O3. The first-order chi connectivity index (χ1) is 12.2. The summed E-state index contributed by atoms with van der Waals surface area (Å²) in [6, 6.07) is 7.39. The molecule has 0 saturated heterocycles. The fourth-order valence-corrected chi connectivity index (χ4v) is 3.14. The van der Waals surface area contributed by atoms with Crippen molar-refractivity contribution in [3.8, 4) is 0 Å². The monoisotopic (exact) mass is 341 g/mol. The Morgan fingerprint density at radius 3 is 3.08 bits per heavy atom. The third-order valence-electron chi connectivity index (χ3n) is 4.42. The molecule has 8 nitrogen and oxygen atoms in total. The van der Waals surface area contributed by atoms with Gasteiger partial charge in [0.25, 0.3) is 5.89 Å². The van der Waals surface area contributed by atoms with Crippen LogP contribution in [0.3, 0.4) is 0 Å². The van der Waals surface area contributed by atoms with E-state index in [1.807, 2.05) is 18.2 Å². The minimum atomic E-state index is -0.281. The van der Waals surface area contributed by atoms with Gasteiger partial charge in [0.1, 0.15) is 17.9 Å². The van der Waals surface area contributed by atoms with Crippen molar-refractivity contribution in [2.24, 2.45) is 0 Å². The molecule has 0 radical (unpaired) electrons. The maximum Gasteiger partial charge on any atom is 0.307 e. The van der Waals surface area contributed by atoms with E-state index in [9.17, 15) is 4.79 Å². The van der Waals surface area contributed by atoms with Gasteiger partial charge in [0, 0.05) is 26.1 Å². The van der Waals surface area contributed by atoms with Gasteiger partial charge in [0.2, 0.25) is 0 Å². The maximum atomic E-state index is 12.5. The maximum absolute atomic E-state index is 12.5. The van der Waals surface area contributed by atoms with Crippen molar-refractivity contribution in [3.63, 3.8) is 0 Å². The van der Waals surface area contributed by atoms with Crippen LogP contribution in [0.2, 0.25) is 0 Å². The fraction of sp³-hybridized carbons (Fsp3) is 0.412. The normalized spacial score (nSPS) is 17.2. The van der Waals surface area contributed by atoms with Crippen molar-refractivity contribution in [1.29, 1.82) is 0 Å². The SMILES string of the molecule is COCc1nnc2n1CCC(NC(=O)c1nc3ccccc3o1)CC2. The molecule has 0 bridgehead atoms. The van der Waals surface area contributed by atoms with Gasteiger partial charge >= 0.3 is 5.91 Å². The molecule has 3 heterocycles. The number of hydrogen-bond acceptors (Lipinski definition) is 6. The van der Waals surface area contributed by atoms with Crippen LogP contribution in [0.15, 0.2) is 28.7 Å². The molecule has 3 aromatic rings. The summed E-state index contributed by atoms with van der Waals surface area (Å²) in [5.74, 6) is 1.58. The number of amides is 1. The van der Waals surface area contributed by atoms with E-state index in [0.717, 1.165) is 37.5 Å². The molecule has 1 unspecified atom stereocenters. The molecule has 4 rings (SSSR count). The zero-order valence-corrected chi connectivity index (χ0v) is 13.9. The first-order valence-corrected chi connectivity index (χ1v) is 8.31. The number of nitrogens with one attached hydrogen (secondary N) is 1. The predicted molar refractivity (Wildman–Crippen MR) is 88.9 cm³/mol. The summed E-state index contributed by atoms with van der Waals surface area (Å²) in [5, 5.41) is 11.4. The van der Waals surface area contributed by atoms with Gasteiger partial charge in [-0.2, -0.15) is 0 Å². The Hall–Kier alpha value is -2.74. The molecule has 1 N–H and O–H groups in total. The summed E-state index contributed by atoms with van der Waals surface area (Å²) >= 11 is 0. The number of para-hydroxylation sites is 2. The molecule has 1 amide bonds. The first kappa shape index (κ1) is 15.8. The van der Waals surface area contributed by atoms with E-state index >= 15 is 0 Å². The number of aromatic nitrogens is 4. The zero-order chi connectivity index (χ0) is 17.2. The van der Waals surface area contributed by atoms with Crippen molar-refractivity contribution in [1.82, 2.24) is 25.1 Å². The number of rotatable bonds is 4. The average Bonchev–Trinajstić information content (AvgIpc) is 3.16. The summed E-state index contributed by atoms with van der Waals surface area (Å²) in [6.07, 6.45) is 2.36. The van der Waals surface area contributed by atoms with Gasteiger partial charge in [-0.25, -0.2) is 4.98 Å². The second kappa shape index (κ2) is 6.64. The molecule has 1 aliphatic rings. The minimum absolute atomic E-state index is 0.0413. The van der Waals surface area contributed by atoms with Crippen LogP contribution >= 0.6 is 0 Å². The molecule has 2 aromatic heterocycles. The number of carbonyl (C=O) groups is 1. The molecule has 0 saturated carbocycles. The molecule has 0 aliphatic carbocycles. The lowest BCUT2D eigenvalue weighted by Crippen LogP contribution is -2.35. The van der Waals surface area contributed by atoms with Crippen molar-refractivity contribution in [3.05, 3.63) is 41.8 Å². The van der Waals surface area contributed by atoms with Crippen molar-refractivity contribution in [2.75, 3.05) is 7.11 Å². The van der Waals surface area contributed by atoms with E-state index in [1.54, 1.807) is 13.2 Å². The summed E-state index contributed by atoms with van der Waals surface area (Å²) < 4.78 is 12.8. The van der Waals surface area contributed by atoms with Gasteiger partial charge in [-0.05, 0) is 25.0 Å². The number of nitrogens with zero attached hydrogens (tertiary/aromatic N) is 4.